The molecule has 2 aromatic rings. The first kappa shape index (κ1) is 20.4. The Balaban J connectivity index is 2.44. The lowest BCUT2D eigenvalue weighted by molar-refractivity contribution is -0.151. The van der Waals surface area contributed by atoms with Crippen LogP contribution in [0.3, 0.4) is 0 Å². The number of esters is 1. The number of aromatic nitrogens is 2. The van der Waals surface area contributed by atoms with Crippen molar-refractivity contribution >= 4 is 40.9 Å². The van der Waals surface area contributed by atoms with E-state index in [1.54, 1.807) is 31.2 Å². The number of halogens is 1. The lowest BCUT2D eigenvalue weighted by Gasteiger charge is -2.25. The van der Waals surface area contributed by atoms with Crippen molar-refractivity contribution in [2.45, 2.75) is 26.8 Å². The second-order valence-corrected chi connectivity index (χ2v) is 6.09. The van der Waals surface area contributed by atoms with Crippen molar-refractivity contribution in [3.05, 3.63) is 34.9 Å². The summed E-state index contributed by atoms with van der Waals surface area (Å²) in [5, 5.41) is 13.2. The minimum absolute atomic E-state index is 0.0348. The van der Waals surface area contributed by atoms with Gasteiger partial charge in [0.2, 0.25) is 17.5 Å². The summed E-state index contributed by atoms with van der Waals surface area (Å²) in [6.07, 6.45) is 0. The lowest BCUT2D eigenvalue weighted by atomic mass is 9.90. The second kappa shape index (κ2) is 9.13. The summed E-state index contributed by atoms with van der Waals surface area (Å²) in [4.78, 5) is 36.0. The van der Waals surface area contributed by atoms with E-state index in [1.165, 1.54) is 13.8 Å². The maximum atomic E-state index is 12.4. The van der Waals surface area contributed by atoms with Crippen LogP contribution in [0.4, 0.5) is 11.6 Å². The Labute approximate surface area is 160 Å². The Morgan fingerprint density at radius 3 is 2.33 bits per heavy atom. The molecule has 2 rings (SSSR count). The SMILES string of the molecule is CCOC(=O)[C@H](C(C)=O)[C@H](Nc1nonc1NC(C)=O)c1ccc(Cl)cc1. The van der Waals surface area contributed by atoms with E-state index >= 15 is 0 Å². The molecule has 144 valence electrons. The number of amides is 1. The minimum atomic E-state index is -1.16. The molecular weight excluding hydrogens is 376 g/mol. The topological polar surface area (TPSA) is 123 Å². The molecule has 1 aromatic heterocycles. The van der Waals surface area contributed by atoms with E-state index in [-0.39, 0.29) is 24.1 Å². The molecular formula is C17H19ClN4O5. The smallest absolute Gasteiger partial charge is 0.318 e. The van der Waals surface area contributed by atoms with Crippen molar-refractivity contribution < 1.29 is 23.7 Å². The summed E-state index contributed by atoms with van der Waals surface area (Å²) in [5.74, 6) is -2.53. The highest BCUT2D eigenvalue weighted by Gasteiger charge is 2.36. The fourth-order valence-corrected chi connectivity index (χ4v) is 2.60. The van der Waals surface area contributed by atoms with E-state index in [9.17, 15) is 14.4 Å². The molecule has 0 saturated carbocycles. The predicted molar refractivity (Wildman–Crippen MR) is 97.2 cm³/mol. The van der Waals surface area contributed by atoms with Gasteiger partial charge in [-0.05, 0) is 41.9 Å². The Bertz CT molecular complexity index is 821. The predicted octanol–water partition coefficient (Wildman–Crippen LogP) is 2.60. The molecule has 9 nitrogen and oxygen atoms in total. The van der Waals surface area contributed by atoms with E-state index < -0.39 is 23.7 Å². The maximum absolute atomic E-state index is 12.4. The third-order valence-corrected chi connectivity index (χ3v) is 3.87. The van der Waals surface area contributed by atoms with Gasteiger partial charge in [0.25, 0.3) is 0 Å². The summed E-state index contributed by atoms with van der Waals surface area (Å²) in [6.45, 7) is 4.36. The summed E-state index contributed by atoms with van der Waals surface area (Å²) < 4.78 is 9.70. The Kier molecular flexibility index (Phi) is 6.89. The molecule has 0 aliphatic heterocycles. The van der Waals surface area contributed by atoms with Crippen LogP contribution in [0, 0.1) is 5.92 Å². The number of Topliss-reactive ketones (excluding diaryl/α,β-unsaturated/α-hetero) is 1. The van der Waals surface area contributed by atoms with Crippen LogP contribution in [-0.4, -0.2) is 34.6 Å². The van der Waals surface area contributed by atoms with Crippen LogP contribution in [-0.2, 0) is 19.1 Å². The summed E-state index contributed by atoms with van der Waals surface area (Å²) in [6, 6.07) is 5.74. The monoisotopic (exact) mass is 394 g/mol. The standard InChI is InChI=1S/C17H19ClN4O5/c1-4-26-17(25)13(9(2)23)14(11-5-7-12(18)8-6-11)20-16-15(19-10(3)24)21-27-22-16/h5-8,13-14H,4H2,1-3H3,(H,20,22)(H,19,21,24)/t13-,14-/m1/s1. The highest BCUT2D eigenvalue weighted by Crippen LogP contribution is 2.31. The fourth-order valence-electron chi connectivity index (χ4n) is 2.48. The number of hydrogen-bond acceptors (Lipinski definition) is 8. The molecule has 0 spiro atoms. The number of ether oxygens (including phenoxy) is 1. The van der Waals surface area contributed by atoms with Crippen molar-refractivity contribution in [2.75, 3.05) is 17.2 Å². The number of anilines is 2. The van der Waals surface area contributed by atoms with Gasteiger partial charge in [0.1, 0.15) is 11.7 Å². The minimum Gasteiger partial charge on any atom is -0.465 e. The van der Waals surface area contributed by atoms with Gasteiger partial charge in [0.05, 0.1) is 12.6 Å². The first-order valence-corrected chi connectivity index (χ1v) is 8.50. The average Bonchev–Trinajstić information content (AvgIpc) is 3.01. The Hall–Kier alpha value is -2.94. The normalized spacial score (nSPS) is 12.7. The third-order valence-electron chi connectivity index (χ3n) is 3.62. The van der Waals surface area contributed by atoms with Crippen LogP contribution in [0.15, 0.2) is 28.9 Å². The second-order valence-electron chi connectivity index (χ2n) is 5.66. The molecule has 0 fully saturated rings. The number of hydrogen-bond donors (Lipinski definition) is 2. The first-order chi connectivity index (χ1) is 12.8. The molecule has 0 radical (unpaired) electrons. The molecule has 2 atom stereocenters. The zero-order chi connectivity index (χ0) is 20.0. The van der Waals surface area contributed by atoms with Gasteiger partial charge in [-0.25, -0.2) is 4.63 Å². The van der Waals surface area contributed by atoms with Crippen LogP contribution in [0.1, 0.15) is 32.4 Å². The van der Waals surface area contributed by atoms with E-state index in [1.807, 2.05) is 0 Å². The third kappa shape index (κ3) is 5.27. The van der Waals surface area contributed by atoms with E-state index in [2.05, 4.69) is 25.6 Å². The number of nitrogens with zero attached hydrogens (tertiary/aromatic N) is 2. The number of ketones is 1. The molecule has 0 bridgehead atoms. The largest absolute Gasteiger partial charge is 0.465 e. The van der Waals surface area contributed by atoms with Crippen molar-refractivity contribution in [1.82, 2.24) is 10.3 Å². The van der Waals surface area contributed by atoms with Crippen LogP contribution in [0.2, 0.25) is 5.02 Å². The summed E-state index contributed by atoms with van der Waals surface area (Å²) >= 11 is 5.93. The van der Waals surface area contributed by atoms with E-state index in [0.29, 0.717) is 10.6 Å². The Morgan fingerprint density at radius 1 is 1.15 bits per heavy atom. The molecule has 1 amide bonds. The molecule has 0 unspecified atom stereocenters. The van der Waals surface area contributed by atoms with Crippen molar-refractivity contribution in [2.24, 2.45) is 5.92 Å². The van der Waals surface area contributed by atoms with Gasteiger partial charge in [-0.1, -0.05) is 23.7 Å². The molecule has 0 aliphatic rings. The summed E-state index contributed by atoms with van der Waals surface area (Å²) in [7, 11) is 0. The quantitative estimate of drug-likeness (QED) is 0.517. The number of rotatable bonds is 8. The van der Waals surface area contributed by atoms with Gasteiger partial charge in [-0.3, -0.25) is 14.4 Å². The van der Waals surface area contributed by atoms with Gasteiger partial charge >= 0.3 is 5.97 Å². The fraction of sp³-hybridized carbons (Fsp3) is 0.353. The van der Waals surface area contributed by atoms with Gasteiger partial charge in [0.15, 0.2) is 0 Å². The molecule has 2 N–H and O–H groups in total. The Morgan fingerprint density at radius 2 is 1.78 bits per heavy atom. The molecule has 0 aliphatic carbocycles. The van der Waals surface area contributed by atoms with Crippen LogP contribution in [0.5, 0.6) is 0 Å². The highest BCUT2D eigenvalue weighted by molar-refractivity contribution is 6.30. The van der Waals surface area contributed by atoms with E-state index in [4.69, 9.17) is 16.3 Å². The number of carbonyl (C=O) groups excluding carboxylic acids is 3. The van der Waals surface area contributed by atoms with Crippen molar-refractivity contribution in [3.8, 4) is 0 Å². The number of benzene rings is 1. The first-order valence-electron chi connectivity index (χ1n) is 8.12. The molecule has 0 saturated heterocycles. The van der Waals surface area contributed by atoms with Gasteiger partial charge in [-0.15, -0.1) is 0 Å². The zero-order valence-electron chi connectivity index (χ0n) is 15.0. The van der Waals surface area contributed by atoms with Gasteiger partial charge in [-0.2, -0.15) is 0 Å². The van der Waals surface area contributed by atoms with Crippen LogP contribution < -0.4 is 10.6 Å². The van der Waals surface area contributed by atoms with Crippen LogP contribution in [0.25, 0.3) is 0 Å². The molecule has 1 aromatic carbocycles. The summed E-state index contributed by atoms with van der Waals surface area (Å²) in [5.41, 5.74) is 0.587. The zero-order valence-corrected chi connectivity index (χ0v) is 15.7. The number of nitrogens with one attached hydrogen (secondary N) is 2. The highest BCUT2D eigenvalue weighted by atomic mass is 35.5. The van der Waals surface area contributed by atoms with Crippen molar-refractivity contribution in [1.29, 1.82) is 0 Å². The van der Waals surface area contributed by atoms with E-state index in [0.717, 1.165) is 0 Å². The lowest BCUT2D eigenvalue weighted by Crippen LogP contribution is -2.34. The maximum Gasteiger partial charge on any atom is 0.318 e. The molecule has 1 heterocycles. The molecule has 27 heavy (non-hydrogen) atoms. The number of carbonyl (C=O) groups is 3. The van der Waals surface area contributed by atoms with Crippen LogP contribution >= 0.6 is 11.6 Å². The van der Waals surface area contributed by atoms with Gasteiger partial charge < -0.3 is 15.4 Å². The average molecular weight is 395 g/mol. The van der Waals surface area contributed by atoms with Crippen molar-refractivity contribution in [3.63, 3.8) is 0 Å². The molecule has 10 heteroatoms. The van der Waals surface area contributed by atoms with Gasteiger partial charge in [0, 0.05) is 11.9 Å².